The van der Waals surface area contributed by atoms with E-state index in [1.807, 2.05) is 13.0 Å². The van der Waals surface area contributed by atoms with Gasteiger partial charge >= 0.3 is 0 Å². The lowest BCUT2D eigenvalue weighted by atomic mass is 9.74. The van der Waals surface area contributed by atoms with Crippen LogP contribution in [0.5, 0.6) is 5.75 Å². The van der Waals surface area contributed by atoms with Gasteiger partial charge in [0.05, 0.1) is 29.3 Å². The molecule has 0 saturated carbocycles. The first kappa shape index (κ1) is 18.9. The van der Waals surface area contributed by atoms with E-state index in [1.54, 1.807) is 47.7 Å². The van der Waals surface area contributed by atoms with Crippen molar-refractivity contribution in [2.24, 2.45) is 0 Å². The molecule has 2 saturated heterocycles. The summed E-state index contributed by atoms with van der Waals surface area (Å²) in [7, 11) is 0. The van der Waals surface area contributed by atoms with Gasteiger partial charge in [-0.2, -0.15) is 0 Å². The molecule has 0 aliphatic carbocycles. The molecule has 4 heterocycles. The van der Waals surface area contributed by atoms with Crippen LogP contribution in [0.15, 0.2) is 48.7 Å². The molecule has 30 heavy (non-hydrogen) atoms. The quantitative estimate of drug-likeness (QED) is 0.693. The summed E-state index contributed by atoms with van der Waals surface area (Å²) in [6.07, 6.45) is 11.1. The summed E-state index contributed by atoms with van der Waals surface area (Å²) in [6, 6.07) is 5.52. The highest BCUT2D eigenvalue weighted by molar-refractivity contribution is 5.66. The maximum absolute atomic E-state index is 15.1. The summed E-state index contributed by atoms with van der Waals surface area (Å²) in [5.41, 5.74) is 2.03. The van der Waals surface area contributed by atoms with Crippen molar-refractivity contribution in [3.05, 3.63) is 54.4 Å². The van der Waals surface area contributed by atoms with Crippen LogP contribution < -0.4 is 5.32 Å². The van der Waals surface area contributed by atoms with Crippen molar-refractivity contribution >= 4 is 6.08 Å². The Bertz CT molecular complexity index is 1080. The molecular formula is C22H23FN6O. The average Bonchev–Trinajstić information content (AvgIpc) is 3.28. The number of hydrogen-bond donors (Lipinski definition) is 2. The third kappa shape index (κ3) is 3.37. The van der Waals surface area contributed by atoms with Gasteiger partial charge in [0.25, 0.3) is 0 Å². The van der Waals surface area contributed by atoms with E-state index in [2.05, 4.69) is 25.5 Å². The van der Waals surface area contributed by atoms with Crippen LogP contribution >= 0.6 is 0 Å². The first-order chi connectivity index (χ1) is 14.5. The number of fused-ring (bicyclic) bond motifs is 2. The molecule has 0 spiro atoms. The maximum atomic E-state index is 15.1. The molecule has 3 aromatic rings. The monoisotopic (exact) mass is 406 g/mol. The fourth-order valence-corrected chi connectivity index (χ4v) is 4.55. The number of imidazole rings is 1. The highest BCUT2D eigenvalue weighted by Crippen LogP contribution is 2.39. The molecule has 1 aromatic carbocycles. The number of hydrogen-bond acceptors (Lipinski definition) is 6. The van der Waals surface area contributed by atoms with E-state index in [1.165, 1.54) is 0 Å². The fourth-order valence-electron chi connectivity index (χ4n) is 4.55. The third-order valence-corrected chi connectivity index (χ3v) is 6.09. The van der Waals surface area contributed by atoms with Gasteiger partial charge in [-0.1, -0.05) is 0 Å². The normalized spacial score (nSPS) is 27.3. The topological polar surface area (TPSA) is 88.8 Å². The molecule has 0 radical (unpaired) electrons. The standard InChI is InChI=1S/C22H23FN6O/c1-22-6-2-3-15(26-22)9-14(20(22)23)10-16-12-25-21(28-27-16)18-5-4-17(11-19(18)30)29-8-7-24-13-29/h4-5,7-8,10-13,15,20,26,30H,2-3,6,9H2,1H3/b14-10+/t15?,20-,22+/m1/s1. The Kier molecular flexibility index (Phi) is 4.58. The molecule has 2 fully saturated rings. The minimum atomic E-state index is -1.05. The van der Waals surface area contributed by atoms with Gasteiger partial charge in [0, 0.05) is 24.5 Å². The number of nitrogens with zero attached hydrogens (tertiary/aromatic N) is 5. The molecule has 2 bridgehead atoms. The number of benzene rings is 1. The van der Waals surface area contributed by atoms with E-state index in [0.717, 1.165) is 30.5 Å². The van der Waals surface area contributed by atoms with Gasteiger partial charge in [-0.15, -0.1) is 10.2 Å². The minimum Gasteiger partial charge on any atom is -0.507 e. The molecule has 7 nitrogen and oxygen atoms in total. The number of rotatable bonds is 3. The molecular weight excluding hydrogens is 383 g/mol. The second-order valence-electron chi connectivity index (χ2n) is 8.31. The number of nitrogens with one attached hydrogen (secondary N) is 1. The summed E-state index contributed by atoms with van der Waals surface area (Å²) in [5, 5.41) is 22.2. The number of alkyl halides is 1. The zero-order valence-electron chi connectivity index (χ0n) is 16.7. The first-order valence-corrected chi connectivity index (χ1v) is 10.2. The lowest BCUT2D eigenvalue weighted by molar-refractivity contribution is 0.0993. The number of piperidine rings is 2. The smallest absolute Gasteiger partial charge is 0.185 e. The van der Waals surface area contributed by atoms with Crippen molar-refractivity contribution in [2.75, 3.05) is 0 Å². The van der Waals surface area contributed by atoms with E-state index in [9.17, 15) is 5.11 Å². The van der Waals surface area contributed by atoms with Gasteiger partial charge in [0.15, 0.2) is 5.82 Å². The van der Waals surface area contributed by atoms with Crippen molar-refractivity contribution < 1.29 is 9.50 Å². The van der Waals surface area contributed by atoms with Crippen LogP contribution in [0.2, 0.25) is 0 Å². The molecule has 2 N–H and O–H groups in total. The molecule has 3 atom stereocenters. The zero-order chi connectivity index (χ0) is 20.7. The van der Waals surface area contributed by atoms with Crippen LogP contribution in [0.3, 0.4) is 0 Å². The average molecular weight is 406 g/mol. The van der Waals surface area contributed by atoms with Gasteiger partial charge in [-0.25, -0.2) is 14.4 Å². The summed E-state index contributed by atoms with van der Waals surface area (Å²) >= 11 is 0. The molecule has 2 aromatic heterocycles. The Morgan fingerprint density at radius 3 is 2.97 bits per heavy atom. The van der Waals surface area contributed by atoms with E-state index in [4.69, 9.17) is 0 Å². The number of aromatic nitrogens is 5. The zero-order valence-corrected chi connectivity index (χ0v) is 16.7. The SMILES string of the molecule is C[C@]12CCCC(C/C(=C\c3cnc(-c4ccc(-n5ccnc5)cc4O)nn3)[C@H]1F)N2. The van der Waals surface area contributed by atoms with E-state index >= 15 is 4.39 Å². The van der Waals surface area contributed by atoms with E-state index in [0.29, 0.717) is 29.5 Å². The molecule has 1 unspecified atom stereocenters. The van der Waals surface area contributed by atoms with Crippen LogP contribution in [0, 0.1) is 0 Å². The van der Waals surface area contributed by atoms with Crippen LogP contribution in [0.25, 0.3) is 23.2 Å². The van der Waals surface area contributed by atoms with Gasteiger partial charge in [-0.3, -0.25) is 0 Å². The van der Waals surface area contributed by atoms with Gasteiger partial charge < -0.3 is 15.0 Å². The van der Waals surface area contributed by atoms with E-state index < -0.39 is 11.7 Å². The molecule has 5 rings (SSSR count). The second-order valence-corrected chi connectivity index (χ2v) is 8.31. The molecule has 154 valence electrons. The van der Waals surface area contributed by atoms with Crippen molar-refractivity contribution in [3.8, 4) is 22.8 Å². The van der Waals surface area contributed by atoms with Crippen LogP contribution in [0.4, 0.5) is 4.39 Å². The predicted molar refractivity (Wildman–Crippen MR) is 111 cm³/mol. The Morgan fingerprint density at radius 1 is 1.33 bits per heavy atom. The maximum Gasteiger partial charge on any atom is 0.185 e. The second kappa shape index (κ2) is 7.28. The summed E-state index contributed by atoms with van der Waals surface area (Å²) in [6.45, 7) is 1.96. The lowest BCUT2D eigenvalue weighted by Gasteiger charge is -2.47. The Labute approximate surface area is 173 Å². The van der Waals surface area contributed by atoms with Gasteiger partial charge in [0.2, 0.25) is 0 Å². The molecule has 2 aliphatic rings. The number of halogens is 1. The summed E-state index contributed by atoms with van der Waals surface area (Å²) < 4.78 is 16.9. The largest absolute Gasteiger partial charge is 0.507 e. The fraction of sp³-hybridized carbons (Fsp3) is 0.364. The summed E-state index contributed by atoms with van der Waals surface area (Å²) in [5.74, 6) is 0.370. The van der Waals surface area contributed by atoms with Crippen molar-refractivity contribution in [1.29, 1.82) is 0 Å². The number of aromatic hydroxyl groups is 1. The Hall–Kier alpha value is -3.13. The highest BCUT2D eigenvalue weighted by atomic mass is 19.1. The van der Waals surface area contributed by atoms with Crippen LogP contribution in [-0.2, 0) is 0 Å². The van der Waals surface area contributed by atoms with Crippen molar-refractivity contribution in [3.63, 3.8) is 0 Å². The van der Waals surface area contributed by atoms with Gasteiger partial charge in [0.1, 0.15) is 17.6 Å². The Morgan fingerprint density at radius 2 is 2.23 bits per heavy atom. The summed E-state index contributed by atoms with van der Waals surface area (Å²) in [4.78, 5) is 8.35. The number of phenolic OH excluding ortho intramolecular Hbond substituents is 1. The number of phenols is 1. The predicted octanol–water partition coefficient (Wildman–Crippen LogP) is 3.46. The third-order valence-electron chi connectivity index (χ3n) is 6.09. The van der Waals surface area contributed by atoms with E-state index in [-0.39, 0.29) is 5.75 Å². The minimum absolute atomic E-state index is 0.0528. The van der Waals surface area contributed by atoms with Crippen molar-refractivity contribution in [2.45, 2.75) is 50.4 Å². The lowest BCUT2D eigenvalue weighted by Crippen LogP contribution is -2.61. The molecule has 8 heteroatoms. The van der Waals surface area contributed by atoms with Crippen LogP contribution in [0.1, 0.15) is 38.3 Å². The van der Waals surface area contributed by atoms with Crippen molar-refractivity contribution in [1.82, 2.24) is 30.0 Å². The Balaban J connectivity index is 1.39. The first-order valence-electron chi connectivity index (χ1n) is 10.2. The van der Waals surface area contributed by atoms with Crippen LogP contribution in [-0.4, -0.2) is 47.6 Å². The molecule has 2 aliphatic heterocycles. The van der Waals surface area contributed by atoms with Gasteiger partial charge in [-0.05, 0) is 56.4 Å². The molecule has 0 amide bonds. The highest BCUT2D eigenvalue weighted by Gasteiger charge is 2.45.